The summed E-state index contributed by atoms with van der Waals surface area (Å²) < 4.78 is 5.64. The number of hydrogen-bond acceptors (Lipinski definition) is 3. The molecular weight excluding hydrogens is 228 g/mol. The molecule has 0 amide bonds. The van der Waals surface area contributed by atoms with Crippen molar-refractivity contribution in [3.8, 4) is 11.5 Å². The molecule has 18 heavy (non-hydrogen) atoms. The Bertz CT molecular complexity index is 508. The van der Waals surface area contributed by atoms with Gasteiger partial charge in [0.2, 0.25) is 0 Å². The van der Waals surface area contributed by atoms with Crippen LogP contribution in [0.4, 0.5) is 0 Å². The molecule has 0 fully saturated rings. The van der Waals surface area contributed by atoms with Crippen molar-refractivity contribution in [1.82, 2.24) is 0 Å². The minimum absolute atomic E-state index is 0.245. The van der Waals surface area contributed by atoms with Crippen LogP contribution >= 0.6 is 0 Å². The van der Waals surface area contributed by atoms with Crippen LogP contribution in [0.15, 0.2) is 36.4 Å². The maximum absolute atomic E-state index is 9.43. The Labute approximate surface area is 107 Å². The summed E-state index contributed by atoms with van der Waals surface area (Å²) in [4.78, 5) is 0. The van der Waals surface area contributed by atoms with Gasteiger partial charge in [-0.1, -0.05) is 12.1 Å². The number of ether oxygens (including phenoxy) is 1. The van der Waals surface area contributed by atoms with Crippen molar-refractivity contribution in [2.24, 2.45) is 0 Å². The SMILES string of the molecule is OCCCCCOc1ccc2ccc(O)cc2c1. The van der Waals surface area contributed by atoms with Crippen LogP contribution in [0.5, 0.6) is 11.5 Å². The number of aliphatic hydroxyl groups is 1. The van der Waals surface area contributed by atoms with E-state index in [4.69, 9.17) is 9.84 Å². The minimum atomic E-state index is 0.245. The van der Waals surface area contributed by atoms with E-state index < -0.39 is 0 Å². The molecule has 0 saturated carbocycles. The van der Waals surface area contributed by atoms with Gasteiger partial charge in [0, 0.05) is 6.61 Å². The van der Waals surface area contributed by atoms with Crippen molar-refractivity contribution in [1.29, 1.82) is 0 Å². The minimum Gasteiger partial charge on any atom is -0.508 e. The van der Waals surface area contributed by atoms with Gasteiger partial charge in [0.15, 0.2) is 0 Å². The predicted molar refractivity (Wildman–Crippen MR) is 72.0 cm³/mol. The lowest BCUT2D eigenvalue weighted by molar-refractivity contribution is 0.266. The molecule has 0 heterocycles. The summed E-state index contributed by atoms with van der Waals surface area (Å²) in [7, 11) is 0. The van der Waals surface area contributed by atoms with E-state index in [2.05, 4.69) is 0 Å². The Balaban J connectivity index is 1.97. The van der Waals surface area contributed by atoms with Gasteiger partial charge >= 0.3 is 0 Å². The number of aromatic hydroxyl groups is 1. The van der Waals surface area contributed by atoms with E-state index in [1.54, 1.807) is 12.1 Å². The first-order chi connectivity index (χ1) is 8.79. The van der Waals surface area contributed by atoms with Gasteiger partial charge < -0.3 is 14.9 Å². The number of phenols is 1. The highest BCUT2D eigenvalue weighted by Gasteiger charge is 1.99. The van der Waals surface area contributed by atoms with E-state index >= 15 is 0 Å². The largest absolute Gasteiger partial charge is 0.508 e. The Morgan fingerprint density at radius 2 is 1.72 bits per heavy atom. The molecule has 0 radical (unpaired) electrons. The zero-order chi connectivity index (χ0) is 12.8. The Morgan fingerprint density at radius 1 is 0.889 bits per heavy atom. The first kappa shape index (κ1) is 12.7. The number of phenolic OH excluding ortho intramolecular Hbond substituents is 1. The van der Waals surface area contributed by atoms with Gasteiger partial charge in [-0.15, -0.1) is 0 Å². The Kier molecular flexibility index (Phi) is 4.42. The number of hydrogen-bond donors (Lipinski definition) is 2. The van der Waals surface area contributed by atoms with E-state index in [-0.39, 0.29) is 12.4 Å². The monoisotopic (exact) mass is 246 g/mol. The summed E-state index contributed by atoms with van der Waals surface area (Å²) >= 11 is 0. The predicted octanol–water partition coefficient (Wildman–Crippen LogP) is 3.09. The van der Waals surface area contributed by atoms with Crippen LogP contribution in [0.1, 0.15) is 19.3 Å². The van der Waals surface area contributed by atoms with Crippen LogP contribution in [0, 0.1) is 0 Å². The molecule has 2 aromatic carbocycles. The third-order valence-corrected chi connectivity index (χ3v) is 2.87. The van der Waals surface area contributed by atoms with Gasteiger partial charge in [-0.05, 0) is 54.3 Å². The molecule has 2 aromatic rings. The zero-order valence-corrected chi connectivity index (χ0v) is 10.3. The van der Waals surface area contributed by atoms with Gasteiger partial charge in [-0.3, -0.25) is 0 Å². The summed E-state index contributed by atoms with van der Waals surface area (Å²) in [5.74, 6) is 1.08. The van der Waals surface area contributed by atoms with Crippen LogP contribution in [-0.2, 0) is 0 Å². The molecule has 0 aliphatic carbocycles. The quantitative estimate of drug-likeness (QED) is 0.770. The highest BCUT2D eigenvalue weighted by Crippen LogP contribution is 2.24. The standard InChI is InChI=1S/C15H18O3/c16-8-2-1-3-9-18-15-7-5-12-4-6-14(17)10-13(12)11-15/h4-7,10-11,16-17H,1-3,8-9H2. The van der Waals surface area contributed by atoms with Crippen molar-refractivity contribution in [2.45, 2.75) is 19.3 Å². The summed E-state index contributed by atoms with van der Waals surface area (Å²) in [6.07, 6.45) is 2.75. The molecule has 0 spiro atoms. The van der Waals surface area contributed by atoms with Gasteiger partial charge in [0.25, 0.3) is 0 Å². The fourth-order valence-electron chi connectivity index (χ4n) is 1.88. The second-order valence-electron chi connectivity index (χ2n) is 4.33. The molecule has 3 heteroatoms. The van der Waals surface area contributed by atoms with Crippen molar-refractivity contribution >= 4 is 10.8 Å². The van der Waals surface area contributed by atoms with Crippen LogP contribution in [0.3, 0.4) is 0 Å². The average molecular weight is 246 g/mol. The molecule has 0 unspecified atom stereocenters. The van der Waals surface area contributed by atoms with Crippen molar-refractivity contribution in [2.75, 3.05) is 13.2 Å². The Hall–Kier alpha value is -1.74. The second-order valence-corrected chi connectivity index (χ2v) is 4.33. The highest BCUT2D eigenvalue weighted by atomic mass is 16.5. The normalized spacial score (nSPS) is 10.7. The van der Waals surface area contributed by atoms with Crippen molar-refractivity contribution < 1.29 is 14.9 Å². The first-order valence-corrected chi connectivity index (χ1v) is 6.26. The van der Waals surface area contributed by atoms with Crippen LogP contribution in [0.2, 0.25) is 0 Å². The maximum Gasteiger partial charge on any atom is 0.119 e. The number of benzene rings is 2. The summed E-state index contributed by atoms with van der Waals surface area (Å²) in [5.41, 5.74) is 0. The topological polar surface area (TPSA) is 49.7 Å². The van der Waals surface area contributed by atoms with E-state index in [9.17, 15) is 5.11 Å². The molecule has 0 aromatic heterocycles. The van der Waals surface area contributed by atoms with E-state index in [1.165, 1.54) is 0 Å². The van der Waals surface area contributed by atoms with Gasteiger partial charge in [-0.25, -0.2) is 0 Å². The van der Waals surface area contributed by atoms with Gasteiger partial charge in [0.1, 0.15) is 11.5 Å². The zero-order valence-electron chi connectivity index (χ0n) is 10.3. The lowest BCUT2D eigenvalue weighted by Gasteiger charge is -2.07. The smallest absolute Gasteiger partial charge is 0.119 e. The van der Waals surface area contributed by atoms with Gasteiger partial charge in [0.05, 0.1) is 6.61 Å². The van der Waals surface area contributed by atoms with Crippen molar-refractivity contribution in [3.63, 3.8) is 0 Å². The van der Waals surface area contributed by atoms with E-state index in [1.807, 2.05) is 24.3 Å². The lowest BCUT2D eigenvalue weighted by atomic mass is 10.1. The molecule has 96 valence electrons. The first-order valence-electron chi connectivity index (χ1n) is 6.26. The number of aliphatic hydroxyl groups excluding tert-OH is 1. The van der Waals surface area contributed by atoms with Crippen LogP contribution < -0.4 is 4.74 Å². The van der Waals surface area contributed by atoms with Crippen LogP contribution in [-0.4, -0.2) is 23.4 Å². The molecule has 0 aliphatic rings. The maximum atomic E-state index is 9.43. The molecule has 0 bridgehead atoms. The highest BCUT2D eigenvalue weighted by molar-refractivity contribution is 5.85. The summed E-state index contributed by atoms with van der Waals surface area (Å²) in [5, 5.41) is 20.2. The Morgan fingerprint density at radius 3 is 2.56 bits per heavy atom. The average Bonchev–Trinajstić information content (AvgIpc) is 2.38. The summed E-state index contributed by atoms with van der Waals surface area (Å²) in [6, 6.07) is 11.1. The molecule has 0 atom stereocenters. The molecule has 2 rings (SSSR count). The number of fused-ring (bicyclic) bond motifs is 1. The number of unbranched alkanes of at least 4 members (excludes halogenated alkanes) is 2. The number of rotatable bonds is 6. The molecule has 3 nitrogen and oxygen atoms in total. The molecule has 0 aliphatic heterocycles. The van der Waals surface area contributed by atoms with Crippen molar-refractivity contribution in [3.05, 3.63) is 36.4 Å². The second kappa shape index (κ2) is 6.26. The molecule has 0 saturated heterocycles. The van der Waals surface area contributed by atoms with E-state index in [0.717, 1.165) is 35.8 Å². The fraction of sp³-hybridized carbons (Fsp3) is 0.333. The fourth-order valence-corrected chi connectivity index (χ4v) is 1.88. The summed E-state index contributed by atoms with van der Waals surface area (Å²) in [6.45, 7) is 0.902. The lowest BCUT2D eigenvalue weighted by Crippen LogP contribution is -1.97. The van der Waals surface area contributed by atoms with E-state index in [0.29, 0.717) is 6.61 Å². The third-order valence-electron chi connectivity index (χ3n) is 2.87. The molecular formula is C15H18O3. The van der Waals surface area contributed by atoms with Gasteiger partial charge in [-0.2, -0.15) is 0 Å². The third kappa shape index (κ3) is 3.37. The van der Waals surface area contributed by atoms with Crippen LogP contribution in [0.25, 0.3) is 10.8 Å². The molecule has 2 N–H and O–H groups in total.